The van der Waals surface area contributed by atoms with E-state index >= 15 is 0 Å². The van der Waals surface area contributed by atoms with Crippen molar-refractivity contribution in [3.05, 3.63) is 48.0 Å². The van der Waals surface area contributed by atoms with Gasteiger partial charge in [0.2, 0.25) is 29.5 Å². The first kappa shape index (κ1) is 35.9. The molecule has 0 bridgehead atoms. The second-order valence-electron chi connectivity index (χ2n) is 11.4. The van der Waals surface area contributed by atoms with Crippen molar-refractivity contribution in [1.82, 2.24) is 26.6 Å². The van der Waals surface area contributed by atoms with Crippen LogP contribution in [0.5, 0.6) is 0 Å². The highest BCUT2D eigenvalue weighted by Crippen LogP contribution is 2.10. The maximum atomic E-state index is 13.5. The fraction of sp³-hybridized carbons (Fsp3) is 0.548. The summed E-state index contributed by atoms with van der Waals surface area (Å²) in [6.45, 7) is 8.28. The van der Waals surface area contributed by atoms with Crippen LogP contribution in [0.3, 0.4) is 0 Å². The Balaban J connectivity index is 2.43. The van der Waals surface area contributed by atoms with Crippen LogP contribution in [0, 0.1) is 11.8 Å². The number of carbonyl (C=O) groups excluding carboxylic acids is 6. The van der Waals surface area contributed by atoms with Crippen LogP contribution in [-0.2, 0) is 39.9 Å². The van der Waals surface area contributed by atoms with Crippen LogP contribution < -0.4 is 26.6 Å². The summed E-state index contributed by atoms with van der Waals surface area (Å²) in [5, 5.41) is 22.9. The van der Waals surface area contributed by atoms with E-state index in [0.717, 1.165) is 5.56 Å². The lowest BCUT2D eigenvalue weighted by molar-refractivity contribution is -0.137. The molecule has 1 aliphatic rings. The Morgan fingerprint density at radius 1 is 0.955 bits per heavy atom. The average Bonchev–Trinajstić information content (AvgIpc) is 2.96. The monoisotopic (exact) mass is 615 g/mol. The fourth-order valence-electron chi connectivity index (χ4n) is 4.59. The summed E-state index contributed by atoms with van der Waals surface area (Å²) in [6, 6.07) is 3.22. The Hall–Kier alpha value is -4.26. The van der Waals surface area contributed by atoms with Gasteiger partial charge in [0.25, 0.3) is 0 Å². The molecule has 13 heteroatoms. The van der Waals surface area contributed by atoms with Crippen LogP contribution in [0.2, 0.25) is 0 Å². The Bertz CT molecular complexity index is 1190. The van der Waals surface area contributed by atoms with Crippen molar-refractivity contribution in [3.63, 3.8) is 0 Å². The third-order valence-corrected chi connectivity index (χ3v) is 6.82. The van der Waals surface area contributed by atoms with Crippen molar-refractivity contribution in [2.45, 2.75) is 84.1 Å². The van der Waals surface area contributed by atoms with E-state index in [1.165, 1.54) is 12.2 Å². The summed E-state index contributed by atoms with van der Waals surface area (Å²) >= 11 is 0. The number of esters is 1. The van der Waals surface area contributed by atoms with E-state index < -0.39 is 84.7 Å². The molecule has 44 heavy (non-hydrogen) atoms. The van der Waals surface area contributed by atoms with Crippen LogP contribution in [0.25, 0.3) is 0 Å². The zero-order valence-corrected chi connectivity index (χ0v) is 25.9. The number of nitrogens with one attached hydrogen (secondary N) is 5. The van der Waals surface area contributed by atoms with Gasteiger partial charge >= 0.3 is 5.97 Å². The molecule has 1 aromatic rings. The number of hydrogen-bond acceptors (Lipinski definition) is 8. The molecular formula is C31H45N5O8. The highest BCUT2D eigenvalue weighted by atomic mass is 16.5. The Morgan fingerprint density at radius 3 is 2.20 bits per heavy atom. The molecule has 1 aliphatic heterocycles. The largest absolute Gasteiger partial charge is 0.463 e. The van der Waals surface area contributed by atoms with E-state index in [2.05, 4.69) is 26.6 Å². The predicted octanol–water partition coefficient (Wildman–Crippen LogP) is -0.129. The molecule has 0 unspecified atom stereocenters. The average molecular weight is 616 g/mol. The van der Waals surface area contributed by atoms with Crippen molar-refractivity contribution in [2.75, 3.05) is 13.2 Å². The number of hydrogen-bond donors (Lipinski definition) is 6. The second-order valence-corrected chi connectivity index (χ2v) is 11.4. The lowest BCUT2D eigenvalue weighted by Gasteiger charge is -2.26. The van der Waals surface area contributed by atoms with Crippen molar-refractivity contribution in [3.8, 4) is 0 Å². The number of ether oxygens (including phenoxy) is 1. The molecule has 13 nitrogen and oxygen atoms in total. The van der Waals surface area contributed by atoms with E-state index in [9.17, 15) is 33.9 Å². The zero-order valence-electron chi connectivity index (χ0n) is 25.9. The molecule has 1 heterocycles. The van der Waals surface area contributed by atoms with Crippen LogP contribution in [0.15, 0.2) is 42.5 Å². The maximum absolute atomic E-state index is 13.5. The molecule has 1 fully saturated rings. The molecule has 2 rings (SSSR count). The van der Waals surface area contributed by atoms with Crippen LogP contribution >= 0.6 is 0 Å². The minimum absolute atomic E-state index is 0.0997. The van der Waals surface area contributed by atoms with Gasteiger partial charge in [-0.15, -0.1) is 0 Å². The van der Waals surface area contributed by atoms with Gasteiger partial charge < -0.3 is 36.4 Å². The fourth-order valence-corrected chi connectivity index (χ4v) is 4.59. The van der Waals surface area contributed by atoms with Gasteiger partial charge in [-0.1, -0.05) is 64.1 Å². The van der Waals surface area contributed by atoms with Crippen LogP contribution in [0.4, 0.5) is 0 Å². The topological polar surface area (TPSA) is 192 Å². The molecule has 6 N–H and O–H groups in total. The maximum Gasteiger partial charge on any atom is 0.330 e. The molecule has 1 saturated heterocycles. The quantitative estimate of drug-likeness (QED) is 0.146. The highest BCUT2D eigenvalue weighted by molar-refractivity contribution is 5.98. The molecular weight excluding hydrogens is 570 g/mol. The molecule has 242 valence electrons. The second kappa shape index (κ2) is 17.8. The van der Waals surface area contributed by atoms with E-state index in [1.807, 2.05) is 19.9 Å². The first-order valence-electron chi connectivity index (χ1n) is 14.8. The smallest absolute Gasteiger partial charge is 0.330 e. The molecule has 5 amide bonds. The lowest BCUT2D eigenvalue weighted by atomic mass is 10.0. The number of rotatable bonds is 11. The lowest BCUT2D eigenvalue weighted by Crippen LogP contribution is -2.59. The van der Waals surface area contributed by atoms with Gasteiger partial charge in [-0.3, -0.25) is 24.0 Å². The van der Waals surface area contributed by atoms with Gasteiger partial charge in [0.1, 0.15) is 24.2 Å². The highest BCUT2D eigenvalue weighted by Gasteiger charge is 2.35. The summed E-state index contributed by atoms with van der Waals surface area (Å²) in [5.74, 6) is -4.58. The van der Waals surface area contributed by atoms with Crippen LogP contribution in [-0.4, -0.2) is 84.0 Å². The minimum atomic E-state index is -1.46. The van der Waals surface area contributed by atoms with Crippen molar-refractivity contribution in [1.29, 1.82) is 0 Å². The number of carbonyl (C=O) groups is 6. The summed E-state index contributed by atoms with van der Waals surface area (Å²) in [4.78, 5) is 78.4. The standard InChI is InChI=1S/C31H45N5O8/c1-6-44-26(39)13-12-21(14-18(2)3)32-28(40)23-16-25(38)33-22(15-20-10-8-7-9-11-20)29(41)36-27(19(4)5)31(43)35-24(17-37)30(42)34-23/h7-13,18-19,21-24,27,37H,6,14-17H2,1-5H3,(H,32,40)(H,33,38)(H,34,42)(H,35,43)(H,36,41)/b13-12+/t21-,22+,23-,24+,27+/m1/s1. The number of aliphatic hydroxyl groups is 1. The molecule has 0 aliphatic carbocycles. The van der Waals surface area contributed by atoms with Gasteiger partial charge in [0.05, 0.1) is 19.6 Å². The van der Waals surface area contributed by atoms with Gasteiger partial charge in [0.15, 0.2) is 0 Å². The number of benzene rings is 1. The van der Waals surface area contributed by atoms with Gasteiger partial charge in [-0.2, -0.15) is 0 Å². The van der Waals surface area contributed by atoms with Crippen molar-refractivity contribution < 1.29 is 38.6 Å². The number of amides is 5. The van der Waals surface area contributed by atoms with Crippen LogP contribution in [0.1, 0.15) is 53.0 Å². The predicted molar refractivity (Wildman–Crippen MR) is 162 cm³/mol. The van der Waals surface area contributed by atoms with Gasteiger partial charge in [-0.05, 0) is 30.7 Å². The van der Waals surface area contributed by atoms with E-state index in [4.69, 9.17) is 4.74 Å². The summed E-state index contributed by atoms with van der Waals surface area (Å²) in [6.07, 6.45) is 2.65. The summed E-state index contributed by atoms with van der Waals surface area (Å²) in [7, 11) is 0. The number of aliphatic hydroxyl groups excluding tert-OH is 1. The van der Waals surface area contributed by atoms with E-state index in [-0.39, 0.29) is 18.9 Å². The van der Waals surface area contributed by atoms with Crippen molar-refractivity contribution in [2.24, 2.45) is 11.8 Å². The minimum Gasteiger partial charge on any atom is -0.463 e. The third kappa shape index (κ3) is 11.8. The normalized spacial score (nSPS) is 22.5. The van der Waals surface area contributed by atoms with E-state index in [0.29, 0.717) is 6.42 Å². The van der Waals surface area contributed by atoms with Gasteiger partial charge in [-0.25, -0.2) is 4.79 Å². The third-order valence-electron chi connectivity index (χ3n) is 6.82. The van der Waals surface area contributed by atoms with E-state index in [1.54, 1.807) is 45.0 Å². The molecule has 1 aromatic carbocycles. The SMILES string of the molecule is CCOC(=O)/C=C/[C@H](CC(C)C)NC(=O)[C@H]1CC(=O)N[C@@H](Cc2ccccc2)C(=O)N[C@@H](C(C)C)C(=O)N[C@@H](CO)C(=O)N1. The molecule has 0 radical (unpaired) electrons. The van der Waals surface area contributed by atoms with Crippen molar-refractivity contribution >= 4 is 35.5 Å². The Kier molecular flexibility index (Phi) is 14.5. The molecule has 0 aromatic heterocycles. The first-order chi connectivity index (χ1) is 20.8. The molecule has 0 saturated carbocycles. The summed E-state index contributed by atoms with van der Waals surface area (Å²) < 4.78 is 4.91. The Labute approximate surface area is 257 Å². The molecule has 5 atom stereocenters. The Morgan fingerprint density at radius 2 is 1.61 bits per heavy atom. The van der Waals surface area contributed by atoms with Gasteiger partial charge in [0, 0.05) is 18.5 Å². The molecule has 0 spiro atoms. The first-order valence-corrected chi connectivity index (χ1v) is 14.8. The zero-order chi connectivity index (χ0) is 32.8. The summed E-state index contributed by atoms with van der Waals surface area (Å²) in [5.41, 5.74) is 0.746.